The number of nitrogens with zero attached hydrogens (tertiary/aromatic N) is 1. The van der Waals surface area contributed by atoms with Crippen LogP contribution in [-0.4, -0.2) is 18.4 Å². The number of anilines is 2. The zero-order valence-electron chi connectivity index (χ0n) is 16.3. The molecule has 30 heavy (non-hydrogen) atoms. The number of carbonyl (C=O) groups is 2. The molecule has 1 aliphatic heterocycles. The van der Waals surface area contributed by atoms with Crippen LogP contribution in [0.15, 0.2) is 78.9 Å². The van der Waals surface area contributed by atoms with Crippen molar-refractivity contribution in [1.29, 1.82) is 0 Å². The van der Waals surface area contributed by atoms with E-state index in [9.17, 15) is 14.0 Å². The van der Waals surface area contributed by atoms with Crippen molar-refractivity contribution in [2.24, 2.45) is 5.92 Å². The number of rotatable bonds is 6. The fraction of sp³-hybridized carbons (Fsp3) is 0.167. The summed E-state index contributed by atoms with van der Waals surface area (Å²) >= 11 is 0. The highest BCUT2D eigenvalue weighted by atomic mass is 19.1. The molecule has 0 bridgehead atoms. The Morgan fingerprint density at radius 1 is 1.00 bits per heavy atom. The van der Waals surface area contributed by atoms with Gasteiger partial charge in [0.15, 0.2) is 0 Å². The van der Waals surface area contributed by atoms with Gasteiger partial charge >= 0.3 is 0 Å². The zero-order valence-corrected chi connectivity index (χ0v) is 16.3. The Hall–Kier alpha value is -3.67. The molecule has 0 aromatic heterocycles. The molecule has 1 N–H and O–H groups in total. The third-order valence-electron chi connectivity index (χ3n) is 5.00. The smallest absolute Gasteiger partial charge is 0.229 e. The van der Waals surface area contributed by atoms with Gasteiger partial charge in [0.1, 0.15) is 18.2 Å². The van der Waals surface area contributed by atoms with E-state index in [1.165, 1.54) is 17.0 Å². The first-order valence-corrected chi connectivity index (χ1v) is 9.72. The van der Waals surface area contributed by atoms with E-state index in [-0.39, 0.29) is 30.6 Å². The number of hydrogen-bond donors (Lipinski definition) is 1. The molecule has 152 valence electrons. The standard InChI is InChI=1S/C24H21FN2O3/c25-19-6-10-21(11-7-19)27-15-18(14-23(27)28)24(29)26-20-8-12-22(13-9-20)30-16-17-4-2-1-3-5-17/h1-13,18H,14-16H2,(H,26,29). The first-order valence-electron chi connectivity index (χ1n) is 9.72. The van der Waals surface area contributed by atoms with Gasteiger partial charge in [-0.2, -0.15) is 0 Å². The summed E-state index contributed by atoms with van der Waals surface area (Å²) in [6, 6.07) is 22.7. The number of amides is 2. The van der Waals surface area contributed by atoms with E-state index in [0.29, 0.717) is 23.7 Å². The number of ether oxygens (including phenoxy) is 1. The molecule has 5 nitrogen and oxygen atoms in total. The van der Waals surface area contributed by atoms with Crippen LogP contribution in [-0.2, 0) is 16.2 Å². The first kappa shape index (κ1) is 19.6. The lowest BCUT2D eigenvalue weighted by Crippen LogP contribution is -2.28. The Bertz CT molecular complexity index is 1020. The summed E-state index contributed by atoms with van der Waals surface area (Å²) < 4.78 is 18.9. The first-order chi connectivity index (χ1) is 14.6. The van der Waals surface area contributed by atoms with Gasteiger partial charge < -0.3 is 15.0 Å². The molecule has 1 fully saturated rings. The van der Waals surface area contributed by atoms with Gasteiger partial charge in [0.2, 0.25) is 11.8 Å². The van der Waals surface area contributed by atoms with Crippen molar-refractivity contribution in [3.63, 3.8) is 0 Å². The topological polar surface area (TPSA) is 58.6 Å². The molecule has 1 aliphatic rings. The van der Waals surface area contributed by atoms with Gasteiger partial charge in [-0.05, 0) is 54.1 Å². The molecular formula is C24H21FN2O3. The van der Waals surface area contributed by atoms with Crippen LogP contribution >= 0.6 is 0 Å². The maximum atomic E-state index is 13.1. The minimum absolute atomic E-state index is 0.126. The summed E-state index contributed by atoms with van der Waals surface area (Å²) in [5.41, 5.74) is 2.31. The Kier molecular flexibility index (Phi) is 5.75. The molecule has 0 spiro atoms. The van der Waals surface area contributed by atoms with Crippen molar-refractivity contribution in [3.8, 4) is 5.75 Å². The highest BCUT2D eigenvalue weighted by Crippen LogP contribution is 2.26. The summed E-state index contributed by atoms with van der Waals surface area (Å²) in [4.78, 5) is 26.4. The Balaban J connectivity index is 1.32. The van der Waals surface area contributed by atoms with Crippen molar-refractivity contribution in [2.45, 2.75) is 13.0 Å². The Morgan fingerprint density at radius 2 is 1.70 bits per heavy atom. The van der Waals surface area contributed by atoms with E-state index in [1.807, 2.05) is 30.3 Å². The molecule has 1 unspecified atom stereocenters. The lowest BCUT2D eigenvalue weighted by Gasteiger charge is -2.16. The highest BCUT2D eigenvalue weighted by molar-refractivity contribution is 6.03. The van der Waals surface area contributed by atoms with E-state index in [2.05, 4.69) is 5.32 Å². The largest absolute Gasteiger partial charge is 0.489 e. The second-order valence-electron chi connectivity index (χ2n) is 7.17. The van der Waals surface area contributed by atoms with Gasteiger partial charge in [0.05, 0.1) is 5.92 Å². The molecular weight excluding hydrogens is 383 g/mol. The van der Waals surface area contributed by atoms with Gasteiger partial charge in [-0.3, -0.25) is 9.59 Å². The summed E-state index contributed by atoms with van der Waals surface area (Å²) in [5.74, 6) is -0.486. The van der Waals surface area contributed by atoms with Gasteiger partial charge in [0.25, 0.3) is 0 Å². The van der Waals surface area contributed by atoms with E-state index in [0.717, 1.165) is 5.56 Å². The third kappa shape index (κ3) is 4.66. The van der Waals surface area contributed by atoms with Crippen LogP contribution in [0.25, 0.3) is 0 Å². The summed E-state index contributed by atoms with van der Waals surface area (Å²) in [7, 11) is 0. The minimum atomic E-state index is -0.462. The van der Waals surface area contributed by atoms with Crippen molar-refractivity contribution < 1.29 is 18.7 Å². The molecule has 3 aromatic carbocycles. The van der Waals surface area contributed by atoms with Gasteiger partial charge in [-0.1, -0.05) is 30.3 Å². The van der Waals surface area contributed by atoms with Crippen LogP contribution in [0.4, 0.5) is 15.8 Å². The molecule has 6 heteroatoms. The molecule has 0 saturated carbocycles. The van der Waals surface area contributed by atoms with Crippen LogP contribution in [0, 0.1) is 11.7 Å². The molecule has 1 saturated heterocycles. The average Bonchev–Trinajstić information content (AvgIpc) is 3.16. The maximum absolute atomic E-state index is 13.1. The SMILES string of the molecule is O=C(Nc1ccc(OCc2ccccc2)cc1)C1CC(=O)N(c2ccc(F)cc2)C1. The molecule has 3 aromatic rings. The van der Waals surface area contributed by atoms with Crippen molar-refractivity contribution in [1.82, 2.24) is 0 Å². The third-order valence-corrected chi connectivity index (χ3v) is 5.00. The van der Waals surface area contributed by atoms with Crippen molar-refractivity contribution in [3.05, 3.63) is 90.2 Å². The second kappa shape index (κ2) is 8.78. The summed E-state index contributed by atoms with van der Waals surface area (Å²) in [6.07, 6.45) is 0.126. The predicted octanol–water partition coefficient (Wildman–Crippen LogP) is 4.40. The normalized spacial score (nSPS) is 15.8. The minimum Gasteiger partial charge on any atom is -0.489 e. The molecule has 1 atom stereocenters. The van der Waals surface area contributed by atoms with Crippen LogP contribution in [0.5, 0.6) is 5.75 Å². The zero-order chi connectivity index (χ0) is 20.9. The molecule has 0 aliphatic carbocycles. The Labute approximate surface area is 174 Å². The number of hydrogen-bond acceptors (Lipinski definition) is 3. The lowest BCUT2D eigenvalue weighted by atomic mass is 10.1. The van der Waals surface area contributed by atoms with E-state index in [1.54, 1.807) is 36.4 Å². The average molecular weight is 404 g/mol. The van der Waals surface area contributed by atoms with Crippen LogP contribution < -0.4 is 15.0 Å². The Morgan fingerprint density at radius 3 is 2.40 bits per heavy atom. The van der Waals surface area contributed by atoms with Crippen LogP contribution in [0.2, 0.25) is 0 Å². The van der Waals surface area contributed by atoms with E-state index >= 15 is 0 Å². The molecule has 4 rings (SSSR count). The fourth-order valence-corrected chi connectivity index (χ4v) is 3.37. The second-order valence-corrected chi connectivity index (χ2v) is 7.17. The van der Waals surface area contributed by atoms with Crippen molar-refractivity contribution in [2.75, 3.05) is 16.8 Å². The maximum Gasteiger partial charge on any atom is 0.229 e. The van der Waals surface area contributed by atoms with Gasteiger partial charge in [0, 0.05) is 24.3 Å². The van der Waals surface area contributed by atoms with Gasteiger partial charge in [-0.15, -0.1) is 0 Å². The molecule has 1 heterocycles. The lowest BCUT2D eigenvalue weighted by molar-refractivity contribution is -0.122. The quantitative estimate of drug-likeness (QED) is 0.663. The molecule has 2 amide bonds. The number of carbonyl (C=O) groups excluding carboxylic acids is 2. The van der Waals surface area contributed by atoms with Crippen LogP contribution in [0.1, 0.15) is 12.0 Å². The number of halogens is 1. The highest BCUT2D eigenvalue weighted by Gasteiger charge is 2.35. The summed E-state index contributed by atoms with van der Waals surface area (Å²) in [6.45, 7) is 0.741. The monoisotopic (exact) mass is 404 g/mol. The predicted molar refractivity (Wildman–Crippen MR) is 113 cm³/mol. The number of benzene rings is 3. The number of nitrogens with one attached hydrogen (secondary N) is 1. The van der Waals surface area contributed by atoms with E-state index < -0.39 is 5.92 Å². The van der Waals surface area contributed by atoms with E-state index in [4.69, 9.17) is 4.74 Å². The fourth-order valence-electron chi connectivity index (χ4n) is 3.37. The van der Waals surface area contributed by atoms with Crippen molar-refractivity contribution >= 4 is 23.2 Å². The van der Waals surface area contributed by atoms with Gasteiger partial charge in [-0.25, -0.2) is 4.39 Å². The summed E-state index contributed by atoms with van der Waals surface area (Å²) in [5, 5.41) is 2.85. The molecule has 0 radical (unpaired) electrons. The van der Waals surface area contributed by atoms with Crippen LogP contribution in [0.3, 0.4) is 0 Å².